The van der Waals surface area contributed by atoms with Crippen LogP contribution in [0.1, 0.15) is 32.8 Å². The van der Waals surface area contributed by atoms with Gasteiger partial charge in [-0.1, -0.05) is 68.8 Å². The molecule has 208 valence electrons. The minimum absolute atomic E-state index is 0.00424. The Hall–Kier alpha value is -3.43. The first-order valence-electron chi connectivity index (χ1n) is 12.7. The van der Waals surface area contributed by atoms with Gasteiger partial charge in [0.25, 0.3) is 10.0 Å². The van der Waals surface area contributed by atoms with Crippen molar-refractivity contribution in [2.45, 2.75) is 44.7 Å². The molecule has 3 rings (SSSR count). The molecule has 3 aromatic carbocycles. The van der Waals surface area contributed by atoms with E-state index in [9.17, 15) is 22.4 Å². The first kappa shape index (κ1) is 30.1. The Morgan fingerprint density at radius 3 is 2.23 bits per heavy atom. The largest absolute Gasteiger partial charge is 0.354 e. The number of carbonyl (C=O) groups is 2. The quantitative estimate of drug-likeness (QED) is 0.320. The number of halogens is 2. The first-order chi connectivity index (χ1) is 18.5. The summed E-state index contributed by atoms with van der Waals surface area (Å²) < 4.78 is 42.0. The molecule has 1 N–H and O–H groups in total. The normalized spacial score (nSPS) is 12.2. The Bertz CT molecular complexity index is 1370. The Kier molecular flexibility index (Phi) is 10.5. The van der Waals surface area contributed by atoms with Crippen LogP contribution in [0.4, 0.5) is 10.1 Å². The van der Waals surface area contributed by atoms with E-state index in [-0.39, 0.29) is 29.0 Å². The van der Waals surface area contributed by atoms with Gasteiger partial charge in [0.1, 0.15) is 18.4 Å². The molecule has 1 atom stereocenters. The molecule has 0 saturated carbocycles. The van der Waals surface area contributed by atoms with E-state index in [0.29, 0.717) is 23.6 Å². The summed E-state index contributed by atoms with van der Waals surface area (Å²) in [6, 6.07) is 18.7. The second-order valence-electron chi connectivity index (χ2n) is 9.52. The Morgan fingerprint density at radius 1 is 0.974 bits per heavy atom. The van der Waals surface area contributed by atoms with Crippen LogP contribution < -0.4 is 9.62 Å². The van der Waals surface area contributed by atoms with Gasteiger partial charge in [0, 0.05) is 18.1 Å². The van der Waals surface area contributed by atoms with Gasteiger partial charge in [-0.25, -0.2) is 12.8 Å². The first-order valence-corrected chi connectivity index (χ1v) is 14.5. The summed E-state index contributed by atoms with van der Waals surface area (Å²) >= 11 is 6.18. The molecule has 0 radical (unpaired) electrons. The van der Waals surface area contributed by atoms with Gasteiger partial charge in [0.05, 0.1) is 10.6 Å². The SMILES string of the molecule is CC[C@@H](C(=O)NCC(C)C)N(Cc1ccc(F)cc1)C(=O)CN(c1cccc(Cl)c1)S(=O)(=O)c1ccccc1. The number of hydrogen-bond donors (Lipinski definition) is 1. The van der Waals surface area contributed by atoms with Crippen molar-refractivity contribution in [1.29, 1.82) is 0 Å². The molecule has 0 heterocycles. The minimum Gasteiger partial charge on any atom is -0.354 e. The van der Waals surface area contributed by atoms with Gasteiger partial charge in [0.15, 0.2) is 0 Å². The van der Waals surface area contributed by atoms with Crippen LogP contribution in [-0.2, 0) is 26.2 Å². The molecular formula is C29H33ClFN3O4S. The maximum absolute atomic E-state index is 13.9. The van der Waals surface area contributed by atoms with E-state index in [2.05, 4.69) is 5.32 Å². The number of sulfonamides is 1. The second-order valence-corrected chi connectivity index (χ2v) is 11.8. The maximum Gasteiger partial charge on any atom is 0.264 e. The van der Waals surface area contributed by atoms with E-state index in [1.807, 2.05) is 13.8 Å². The van der Waals surface area contributed by atoms with Crippen LogP contribution in [0.25, 0.3) is 0 Å². The summed E-state index contributed by atoms with van der Waals surface area (Å²) in [7, 11) is -4.18. The van der Waals surface area contributed by atoms with Crippen molar-refractivity contribution in [2.24, 2.45) is 5.92 Å². The fraction of sp³-hybridized carbons (Fsp3) is 0.310. The highest BCUT2D eigenvalue weighted by Gasteiger charge is 2.33. The van der Waals surface area contributed by atoms with E-state index in [4.69, 9.17) is 11.6 Å². The Morgan fingerprint density at radius 2 is 1.64 bits per heavy atom. The molecular weight excluding hydrogens is 541 g/mol. The molecule has 3 aromatic rings. The number of hydrogen-bond acceptors (Lipinski definition) is 4. The smallest absolute Gasteiger partial charge is 0.264 e. The maximum atomic E-state index is 13.9. The molecule has 0 unspecified atom stereocenters. The number of nitrogens with zero attached hydrogens (tertiary/aromatic N) is 2. The van der Waals surface area contributed by atoms with Gasteiger partial charge in [-0.05, 0) is 60.4 Å². The Balaban J connectivity index is 2.03. The third-order valence-electron chi connectivity index (χ3n) is 6.04. The molecule has 0 aliphatic heterocycles. The zero-order valence-electron chi connectivity index (χ0n) is 22.2. The highest BCUT2D eigenvalue weighted by molar-refractivity contribution is 7.92. The fourth-order valence-corrected chi connectivity index (χ4v) is 5.62. The summed E-state index contributed by atoms with van der Waals surface area (Å²) in [4.78, 5) is 28.5. The second kappa shape index (κ2) is 13.6. The molecule has 0 spiro atoms. The van der Waals surface area contributed by atoms with Crippen molar-refractivity contribution in [2.75, 3.05) is 17.4 Å². The lowest BCUT2D eigenvalue weighted by Crippen LogP contribution is -2.52. The summed E-state index contributed by atoms with van der Waals surface area (Å²) in [5.74, 6) is -1.17. The van der Waals surface area contributed by atoms with Crippen molar-refractivity contribution in [3.8, 4) is 0 Å². The molecule has 0 aliphatic carbocycles. The number of carbonyl (C=O) groups excluding carboxylic acids is 2. The average Bonchev–Trinajstić information content (AvgIpc) is 2.91. The highest BCUT2D eigenvalue weighted by Crippen LogP contribution is 2.27. The standard InChI is InChI=1S/C29H33ClFN3O4S/c1-4-27(29(36)32-18-21(2)3)33(19-22-13-15-24(31)16-14-22)28(35)20-34(25-10-8-9-23(30)17-25)39(37,38)26-11-6-5-7-12-26/h5-17,21,27H,4,18-20H2,1-3H3,(H,32,36)/t27-/m0/s1. The fourth-order valence-electron chi connectivity index (χ4n) is 4.01. The third kappa shape index (κ3) is 8.03. The van der Waals surface area contributed by atoms with Crippen molar-refractivity contribution < 1.29 is 22.4 Å². The van der Waals surface area contributed by atoms with Gasteiger partial charge in [-0.15, -0.1) is 0 Å². The lowest BCUT2D eigenvalue weighted by molar-refractivity contribution is -0.140. The van der Waals surface area contributed by atoms with Crippen LogP contribution in [-0.4, -0.2) is 44.3 Å². The van der Waals surface area contributed by atoms with Crippen LogP contribution in [0, 0.1) is 11.7 Å². The van der Waals surface area contributed by atoms with E-state index < -0.39 is 34.3 Å². The van der Waals surface area contributed by atoms with Crippen molar-refractivity contribution in [3.63, 3.8) is 0 Å². The lowest BCUT2D eigenvalue weighted by atomic mass is 10.1. The van der Waals surface area contributed by atoms with Gasteiger partial charge in [-0.2, -0.15) is 0 Å². The van der Waals surface area contributed by atoms with Gasteiger partial charge >= 0.3 is 0 Å². The van der Waals surface area contributed by atoms with Crippen LogP contribution in [0.3, 0.4) is 0 Å². The van der Waals surface area contributed by atoms with Gasteiger partial charge in [-0.3, -0.25) is 13.9 Å². The molecule has 39 heavy (non-hydrogen) atoms. The Labute approximate surface area is 234 Å². The molecule has 0 saturated heterocycles. The van der Waals surface area contributed by atoms with E-state index >= 15 is 0 Å². The lowest BCUT2D eigenvalue weighted by Gasteiger charge is -2.33. The number of anilines is 1. The van der Waals surface area contributed by atoms with E-state index in [1.54, 1.807) is 43.3 Å². The molecule has 7 nitrogen and oxygen atoms in total. The number of benzene rings is 3. The van der Waals surface area contributed by atoms with Crippen molar-refractivity contribution in [3.05, 3.63) is 95.3 Å². The molecule has 2 amide bonds. The number of rotatable bonds is 12. The summed E-state index contributed by atoms with van der Waals surface area (Å²) in [5, 5.41) is 3.17. The highest BCUT2D eigenvalue weighted by atomic mass is 35.5. The number of amides is 2. The van der Waals surface area contributed by atoms with Crippen LogP contribution >= 0.6 is 11.6 Å². The minimum atomic E-state index is -4.18. The zero-order chi connectivity index (χ0) is 28.6. The predicted octanol–water partition coefficient (Wildman–Crippen LogP) is 5.25. The van der Waals surface area contributed by atoms with Crippen LogP contribution in [0.2, 0.25) is 5.02 Å². The van der Waals surface area contributed by atoms with E-state index in [0.717, 1.165) is 4.31 Å². The van der Waals surface area contributed by atoms with Gasteiger partial charge < -0.3 is 10.2 Å². The summed E-state index contributed by atoms with van der Waals surface area (Å²) in [6.45, 7) is 5.53. The molecule has 0 fully saturated rings. The predicted molar refractivity (Wildman–Crippen MR) is 151 cm³/mol. The van der Waals surface area contributed by atoms with Crippen molar-refractivity contribution >= 4 is 39.1 Å². The summed E-state index contributed by atoms with van der Waals surface area (Å²) in [6.07, 6.45) is 0.291. The molecule has 10 heteroatoms. The molecule has 0 aliphatic rings. The topological polar surface area (TPSA) is 86.8 Å². The summed E-state index contributed by atoms with van der Waals surface area (Å²) in [5.41, 5.74) is 0.804. The third-order valence-corrected chi connectivity index (χ3v) is 8.07. The monoisotopic (exact) mass is 573 g/mol. The van der Waals surface area contributed by atoms with Crippen molar-refractivity contribution in [1.82, 2.24) is 10.2 Å². The van der Waals surface area contributed by atoms with Crippen LogP contribution in [0.5, 0.6) is 0 Å². The number of nitrogens with one attached hydrogen (secondary N) is 1. The van der Waals surface area contributed by atoms with E-state index in [1.165, 1.54) is 47.4 Å². The van der Waals surface area contributed by atoms with Gasteiger partial charge in [0.2, 0.25) is 11.8 Å². The average molecular weight is 574 g/mol. The zero-order valence-corrected chi connectivity index (χ0v) is 23.8. The molecule has 0 bridgehead atoms. The molecule has 0 aromatic heterocycles. The van der Waals surface area contributed by atoms with Crippen LogP contribution in [0.15, 0.2) is 83.8 Å².